The lowest BCUT2D eigenvalue weighted by molar-refractivity contribution is -0.0517. The van der Waals surface area contributed by atoms with Gasteiger partial charge in [0.15, 0.2) is 11.6 Å². The summed E-state index contributed by atoms with van der Waals surface area (Å²) < 4.78 is 40.6. The molecule has 0 saturated heterocycles. The van der Waals surface area contributed by atoms with Gasteiger partial charge < -0.3 is 4.74 Å². The van der Waals surface area contributed by atoms with Gasteiger partial charge in [-0.15, -0.1) is 0 Å². The predicted octanol–water partition coefficient (Wildman–Crippen LogP) is 3.16. The van der Waals surface area contributed by atoms with Crippen molar-refractivity contribution in [3.63, 3.8) is 0 Å². The van der Waals surface area contributed by atoms with Crippen LogP contribution in [0.3, 0.4) is 0 Å². The van der Waals surface area contributed by atoms with E-state index in [-0.39, 0.29) is 5.69 Å². The number of isothiocyanates is 1. The Morgan fingerprint density at radius 2 is 2.14 bits per heavy atom. The van der Waals surface area contributed by atoms with E-state index in [0.29, 0.717) is 0 Å². The van der Waals surface area contributed by atoms with Gasteiger partial charge in [-0.1, -0.05) is 6.07 Å². The van der Waals surface area contributed by atoms with Gasteiger partial charge in [0.25, 0.3) is 0 Å². The molecule has 0 heterocycles. The third-order valence-corrected chi connectivity index (χ3v) is 1.41. The molecule has 0 atom stereocenters. The average molecular weight is 219 g/mol. The van der Waals surface area contributed by atoms with E-state index in [4.69, 9.17) is 0 Å². The molecule has 1 aromatic carbocycles. The van der Waals surface area contributed by atoms with Crippen LogP contribution in [0.15, 0.2) is 23.2 Å². The lowest BCUT2D eigenvalue weighted by Gasteiger charge is -2.06. The largest absolute Gasteiger partial charge is 0.429 e. The molecule has 0 N–H and O–H groups in total. The fourth-order valence-corrected chi connectivity index (χ4v) is 0.939. The number of ether oxygens (including phenoxy) is 1. The molecule has 0 amide bonds. The maximum absolute atomic E-state index is 13.0. The lowest BCUT2D eigenvalue weighted by atomic mass is 10.3. The molecule has 0 aliphatic carbocycles. The summed E-state index contributed by atoms with van der Waals surface area (Å²) in [6, 6.07) is 3.58. The van der Waals surface area contributed by atoms with Gasteiger partial charge in [-0.05, 0) is 24.4 Å². The molecular formula is C8H4F3NOS. The van der Waals surface area contributed by atoms with Crippen LogP contribution < -0.4 is 4.74 Å². The van der Waals surface area contributed by atoms with Crippen LogP contribution in [0.4, 0.5) is 18.9 Å². The average Bonchev–Trinajstić information content (AvgIpc) is 2.11. The zero-order chi connectivity index (χ0) is 10.6. The van der Waals surface area contributed by atoms with E-state index in [1.54, 1.807) is 0 Å². The van der Waals surface area contributed by atoms with Crippen molar-refractivity contribution < 1.29 is 17.9 Å². The Hall–Kier alpha value is -1.39. The van der Waals surface area contributed by atoms with Crippen molar-refractivity contribution in [2.45, 2.75) is 6.61 Å². The van der Waals surface area contributed by atoms with Crippen molar-refractivity contribution in [1.29, 1.82) is 0 Å². The molecule has 1 aromatic rings. The minimum Gasteiger partial charge on any atom is -0.429 e. The molecule has 0 fully saturated rings. The number of benzene rings is 1. The molecule has 0 radical (unpaired) electrons. The van der Waals surface area contributed by atoms with Gasteiger partial charge in [-0.25, -0.2) is 4.39 Å². The molecule has 0 spiro atoms. The second-order valence-corrected chi connectivity index (χ2v) is 2.35. The van der Waals surface area contributed by atoms with Gasteiger partial charge in [0.2, 0.25) is 0 Å². The van der Waals surface area contributed by atoms with E-state index in [9.17, 15) is 13.2 Å². The standard InChI is InChI=1S/C8H4F3NOS/c9-5-2-1-3-6(12-4-14)7(5)13-8(10)11/h1-3,8H. The molecule has 1 rings (SSSR count). The molecule has 6 heteroatoms. The van der Waals surface area contributed by atoms with Crippen LogP contribution >= 0.6 is 12.2 Å². The van der Waals surface area contributed by atoms with Gasteiger partial charge in [-0.2, -0.15) is 13.8 Å². The van der Waals surface area contributed by atoms with E-state index in [2.05, 4.69) is 21.9 Å². The summed E-state index contributed by atoms with van der Waals surface area (Å²) in [5.74, 6) is -1.54. The van der Waals surface area contributed by atoms with Crippen LogP contribution in [-0.2, 0) is 0 Å². The first-order valence-corrected chi connectivity index (χ1v) is 3.87. The zero-order valence-corrected chi connectivity index (χ0v) is 7.52. The quantitative estimate of drug-likeness (QED) is 0.575. The number of rotatable bonds is 3. The monoisotopic (exact) mass is 219 g/mol. The third kappa shape index (κ3) is 2.55. The van der Waals surface area contributed by atoms with Gasteiger partial charge in [0.1, 0.15) is 5.69 Å². The molecule has 0 bridgehead atoms. The van der Waals surface area contributed by atoms with Crippen molar-refractivity contribution in [2.24, 2.45) is 4.99 Å². The van der Waals surface area contributed by atoms with E-state index in [0.717, 1.165) is 6.07 Å². The smallest absolute Gasteiger partial charge is 0.387 e. The summed E-state index contributed by atoms with van der Waals surface area (Å²) in [5, 5.41) is 1.94. The Morgan fingerprint density at radius 3 is 2.71 bits per heavy atom. The van der Waals surface area contributed by atoms with Gasteiger partial charge in [0.05, 0.1) is 5.16 Å². The van der Waals surface area contributed by atoms with E-state index in [1.807, 2.05) is 5.16 Å². The summed E-state index contributed by atoms with van der Waals surface area (Å²) in [4.78, 5) is 3.39. The number of hydrogen-bond donors (Lipinski definition) is 0. The van der Waals surface area contributed by atoms with Crippen molar-refractivity contribution in [2.75, 3.05) is 0 Å². The SMILES string of the molecule is Fc1cccc(N=C=S)c1OC(F)F. The Bertz CT molecular complexity index is 377. The second-order valence-electron chi connectivity index (χ2n) is 2.17. The molecule has 0 aliphatic heterocycles. The Labute approximate surface area is 83.0 Å². The molecule has 14 heavy (non-hydrogen) atoms. The molecule has 2 nitrogen and oxygen atoms in total. The minimum atomic E-state index is -3.11. The maximum atomic E-state index is 13.0. The Balaban J connectivity index is 3.14. The number of hydrogen-bond acceptors (Lipinski definition) is 3. The Kier molecular flexibility index (Phi) is 3.62. The van der Waals surface area contributed by atoms with Crippen molar-refractivity contribution in [1.82, 2.24) is 0 Å². The summed E-state index contributed by atoms with van der Waals surface area (Å²) in [6.45, 7) is -3.11. The van der Waals surface area contributed by atoms with Crippen LogP contribution in [0.1, 0.15) is 0 Å². The van der Waals surface area contributed by atoms with Crippen molar-refractivity contribution >= 4 is 23.1 Å². The first-order valence-electron chi connectivity index (χ1n) is 3.46. The van der Waals surface area contributed by atoms with Crippen LogP contribution in [0.5, 0.6) is 5.75 Å². The van der Waals surface area contributed by atoms with Gasteiger partial charge in [0, 0.05) is 0 Å². The van der Waals surface area contributed by atoms with Gasteiger partial charge in [-0.3, -0.25) is 0 Å². The highest BCUT2D eigenvalue weighted by atomic mass is 32.1. The third-order valence-electron chi connectivity index (χ3n) is 1.32. The van der Waals surface area contributed by atoms with Crippen LogP contribution in [0.2, 0.25) is 0 Å². The molecule has 0 aromatic heterocycles. The minimum absolute atomic E-state index is 0.111. The summed E-state index contributed by atoms with van der Waals surface area (Å²) >= 11 is 4.27. The first-order chi connectivity index (χ1) is 6.65. The van der Waals surface area contributed by atoms with Crippen LogP contribution in [0.25, 0.3) is 0 Å². The number of para-hydroxylation sites is 1. The van der Waals surface area contributed by atoms with E-state index < -0.39 is 18.2 Å². The van der Waals surface area contributed by atoms with Crippen LogP contribution in [-0.4, -0.2) is 11.8 Å². The number of thiocarbonyl (C=S) groups is 1. The fourth-order valence-electron chi connectivity index (χ4n) is 0.840. The highest BCUT2D eigenvalue weighted by Crippen LogP contribution is 2.31. The highest BCUT2D eigenvalue weighted by molar-refractivity contribution is 7.78. The fraction of sp³-hybridized carbons (Fsp3) is 0.125. The van der Waals surface area contributed by atoms with Crippen molar-refractivity contribution in [3.05, 3.63) is 24.0 Å². The number of alkyl halides is 2. The second kappa shape index (κ2) is 4.74. The summed E-state index contributed by atoms with van der Waals surface area (Å²) in [6.07, 6.45) is 0. The molecule has 74 valence electrons. The van der Waals surface area contributed by atoms with E-state index in [1.165, 1.54) is 12.1 Å². The topological polar surface area (TPSA) is 21.6 Å². The summed E-state index contributed by atoms with van der Waals surface area (Å²) in [5.41, 5.74) is -0.111. The Morgan fingerprint density at radius 1 is 1.43 bits per heavy atom. The predicted molar refractivity (Wildman–Crippen MR) is 47.7 cm³/mol. The molecule has 0 unspecified atom stereocenters. The normalized spacial score (nSPS) is 9.71. The highest BCUT2D eigenvalue weighted by Gasteiger charge is 2.13. The van der Waals surface area contributed by atoms with Crippen LogP contribution in [0, 0.1) is 5.82 Å². The summed E-state index contributed by atoms with van der Waals surface area (Å²) in [7, 11) is 0. The first kappa shape index (κ1) is 10.7. The van der Waals surface area contributed by atoms with Gasteiger partial charge >= 0.3 is 6.61 Å². The zero-order valence-electron chi connectivity index (χ0n) is 6.71. The maximum Gasteiger partial charge on any atom is 0.387 e. The number of aliphatic imine (C=N–C) groups is 1. The lowest BCUT2D eigenvalue weighted by Crippen LogP contribution is -2.03. The number of halogens is 3. The van der Waals surface area contributed by atoms with Crippen molar-refractivity contribution in [3.8, 4) is 5.75 Å². The molecular weight excluding hydrogens is 215 g/mol. The van der Waals surface area contributed by atoms with E-state index >= 15 is 0 Å². The number of nitrogens with zero attached hydrogens (tertiary/aromatic N) is 1. The molecule has 0 saturated carbocycles. The molecule has 0 aliphatic rings.